The van der Waals surface area contributed by atoms with E-state index in [9.17, 15) is 4.79 Å². The van der Waals surface area contributed by atoms with Gasteiger partial charge in [0.25, 0.3) is 0 Å². The Labute approximate surface area is 139 Å². The Morgan fingerprint density at radius 1 is 1.23 bits per heavy atom. The van der Waals surface area contributed by atoms with Crippen molar-refractivity contribution in [2.45, 2.75) is 64.2 Å². The van der Waals surface area contributed by atoms with E-state index in [0.29, 0.717) is 18.2 Å². The molecule has 2 nitrogen and oxygen atoms in total. The molecule has 22 heavy (non-hydrogen) atoms. The second-order valence-corrected chi connectivity index (χ2v) is 7.63. The number of amides is 1. The van der Waals surface area contributed by atoms with E-state index < -0.39 is 0 Å². The third-order valence-electron chi connectivity index (χ3n) is 4.34. The lowest BCUT2D eigenvalue weighted by Crippen LogP contribution is -2.30. The second kappa shape index (κ2) is 8.61. The molecule has 0 aromatic heterocycles. The normalized spacial score (nSPS) is 18.2. The Bertz CT molecular complexity index is 469. The minimum Gasteiger partial charge on any atom is -0.326 e. The number of unbranched alkanes of at least 4 members (excludes halogenated alkanes) is 3. The topological polar surface area (TPSA) is 20.3 Å². The lowest BCUT2D eigenvalue weighted by Gasteiger charge is -2.24. The fraction of sp³-hybridized carbons (Fsp3) is 0.632. The quantitative estimate of drug-likeness (QED) is 0.631. The van der Waals surface area contributed by atoms with Crippen LogP contribution >= 0.6 is 11.8 Å². The van der Waals surface area contributed by atoms with Crippen molar-refractivity contribution in [3.63, 3.8) is 0 Å². The Balaban J connectivity index is 1.96. The molecular weight excluding hydrogens is 290 g/mol. The molecule has 1 aliphatic rings. The van der Waals surface area contributed by atoms with E-state index in [1.807, 2.05) is 11.8 Å². The van der Waals surface area contributed by atoms with E-state index in [2.05, 4.69) is 49.9 Å². The van der Waals surface area contributed by atoms with Gasteiger partial charge in [0.1, 0.15) is 5.37 Å². The molecule has 1 atom stereocenters. The standard InChI is InChI=1S/C19H29NOS/c1-4-5-6-7-8-18(21)20-13-14-22-19(20)17-11-9-16(10-12-17)15(2)3/h9-12,15,19H,4-8,13-14H2,1-3H3/t19-/m0/s1. The van der Waals surface area contributed by atoms with Gasteiger partial charge >= 0.3 is 0 Å². The van der Waals surface area contributed by atoms with Crippen LogP contribution in [0.4, 0.5) is 0 Å². The molecule has 1 saturated heterocycles. The summed E-state index contributed by atoms with van der Waals surface area (Å²) in [6.45, 7) is 7.53. The van der Waals surface area contributed by atoms with Crippen LogP contribution in [-0.2, 0) is 4.79 Å². The monoisotopic (exact) mass is 319 g/mol. The van der Waals surface area contributed by atoms with E-state index >= 15 is 0 Å². The number of carbonyl (C=O) groups is 1. The van der Waals surface area contributed by atoms with Gasteiger partial charge in [-0.15, -0.1) is 11.8 Å². The molecule has 0 aliphatic carbocycles. The van der Waals surface area contributed by atoms with E-state index in [-0.39, 0.29) is 5.37 Å². The van der Waals surface area contributed by atoms with Crippen molar-refractivity contribution >= 4 is 17.7 Å². The van der Waals surface area contributed by atoms with Gasteiger partial charge in [0, 0.05) is 18.7 Å². The first-order valence-electron chi connectivity index (χ1n) is 8.64. The van der Waals surface area contributed by atoms with Crippen molar-refractivity contribution < 1.29 is 4.79 Å². The van der Waals surface area contributed by atoms with E-state index in [4.69, 9.17) is 0 Å². The lowest BCUT2D eigenvalue weighted by molar-refractivity contribution is -0.131. The Morgan fingerprint density at radius 2 is 1.95 bits per heavy atom. The molecule has 1 heterocycles. The summed E-state index contributed by atoms with van der Waals surface area (Å²) >= 11 is 1.89. The van der Waals surface area contributed by atoms with E-state index in [1.165, 1.54) is 30.4 Å². The summed E-state index contributed by atoms with van der Waals surface area (Å²) in [5, 5.41) is 0.222. The summed E-state index contributed by atoms with van der Waals surface area (Å²) in [5.41, 5.74) is 2.64. The van der Waals surface area contributed by atoms with Gasteiger partial charge in [-0.3, -0.25) is 4.79 Å². The van der Waals surface area contributed by atoms with Crippen molar-refractivity contribution in [3.05, 3.63) is 35.4 Å². The molecular formula is C19H29NOS. The highest BCUT2D eigenvalue weighted by atomic mass is 32.2. The minimum atomic E-state index is 0.222. The summed E-state index contributed by atoms with van der Waals surface area (Å²) in [7, 11) is 0. The molecule has 1 amide bonds. The summed E-state index contributed by atoms with van der Waals surface area (Å²) in [6, 6.07) is 8.83. The van der Waals surface area contributed by atoms with Crippen LogP contribution in [0.1, 0.15) is 75.3 Å². The van der Waals surface area contributed by atoms with Crippen LogP contribution in [0.5, 0.6) is 0 Å². The van der Waals surface area contributed by atoms with Gasteiger partial charge in [0.2, 0.25) is 5.91 Å². The van der Waals surface area contributed by atoms with Crippen molar-refractivity contribution in [1.82, 2.24) is 4.90 Å². The van der Waals surface area contributed by atoms with Gasteiger partial charge in [-0.2, -0.15) is 0 Å². The van der Waals surface area contributed by atoms with Gasteiger partial charge in [-0.1, -0.05) is 64.3 Å². The fourth-order valence-electron chi connectivity index (χ4n) is 2.89. The average molecular weight is 320 g/mol. The zero-order valence-electron chi connectivity index (χ0n) is 14.2. The number of hydrogen-bond donors (Lipinski definition) is 0. The van der Waals surface area contributed by atoms with Gasteiger partial charge in [-0.05, 0) is 23.5 Å². The predicted molar refractivity (Wildman–Crippen MR) is 96.2 cm³/mol. The molecule has 0 bridgehead atoms. The number of hydrogen-bond acceptors (Lipinski definition) is 2. The number of rotatable bonds is 7. The van der Waals surface area contributed by atoms with Crippen LogP contribution in [0.15, 0.2) is 24.3 Å². The fourth-order valence-corrected chi connectivity index (χ4v) is 4.17. The van der Waals surface area contributed by atoms with Gasteiger partial charge in [-0.25, -0.2) is 0 Å². The summed E-state index contributed by atoms with van der Waals surface area (Å²) in [6.07, 6.45) is 5.38. The van der Waals surface area contributed by atoms with Crippen LogP contribution in [0, 0.1) is 0 Å². The zero-order chi connectivity index (χ0) is 15.9. The second-order valence-electron chi connectivity index (χ2n) is 6.44. The number of thioether (sulfide) groups is 1. The maximum absolute atomic E-state index is 12.5. The lowest BCUT2D eigenvalue weighted by atomic mass is 10.0. The van der Waals surface area contributed by atoms with Crippen LogP contribution < -0.4 is 0 Å². The highest BCUT2D eigenvalue weighted by Crippen LogP contribution is 2.38. The maximum Gasteiger partial charge on any atom is 0.223 e. The third-order valence-corrected chi connectivity index (χ3v) is 5.60. The van der Waals surface area contributed by atoms with Gasteiger partial charge < -0.3 is 4.90 Å². The van der Waals surface area contributed by atoms with Crippen molar-refractivity contribution in [2.24, 2.45) is 0 Å². The first-order chi connectivity index (χ1) is 10.6. The molecule has 1 aromatic rings. The van der Waals surface area contributed by atoms with Crippen molar-refractivity contribution in [3.8, 4) is 0 Å². The Kier molecular flexibility index (Phi) is 6.81. The van der Waals surface area contributed by atoms with E-state index in [1.54, 1.807) is 0 Å². The molecule has 0 radical (unpaired) electrons. The highest BCUT2D eigenvalue weighted by Gasteiger charge is 2.30. The first-order valence-corrected chi connectivity index (χ1v) is 9.69. The number of carbonyl (C=O) groups excluding carboxylic acids is 1. The first kappa shape index (κ1) is 17.4. The third kappa shape index (κ3) is 4.52. The Hall–Kier alpha value is -0.960. The largest absolute Gasteiger partial charge is 0.326 e. The van der Waals surface area contributed by atoms with Crippen LogP contribution in [-0.4, -0.2) is 23.1 Å². The predicted octanol–water partition coefficient (Wildman–Crippen LogP) is 5.35. The van der Waals surface area contributed by atoms with Crippen molar-refractivity contribution in [1.29, 1.82) is 0 Å². The molecule has 1 aromatic carbocycles. The molecule has 3 heteroatoms. The number of benzene rings is 1. The molecule has 0 spiro atoms. The molecule has 0 unspecified atom stereocenters. The summed E-state index contributed by atoms with van der Waals surface area (Å²) in [4.78, 5) is 14.6. The van der Waals surface area contributed by atoms with Gasteiger partial charge in [0.05, 0.1) is 0 Å². The molecule has 0 saturated carbocycles. The van der Waals surface area contributed by atoms with Crippen LogP contribution in [0.25, 0.3) is 0 Å². The zero-order valence-corrected chi connectivity index (χ0v) is 15.0. The molecule has 0 N–H and O–H groups in total. The number of nitrogens with zero attached hydrogens (tertiary/aromatic N) is 1. The van der Waals surface area contributed by atoms with Crippen LogP contribution in [0.2, 0.25) is 0 Å². The smallest absolute Gasteiger partial charge is 0.223 e. The van der Waals surface area contributed by atoms with Crippen LogP contribution in [0.3, 0.4) is 0 Å². The Morgan fingerprint density at radius 3 is 2.59 bits per heavy atom. The van der Waals surface area contributed by atoms with Crippen molar-refractivity contribution in [2.75, 3.05) is 12.3 Å². The molecule has 122 valence electrons. The molecule has 1 aliphatic heterocycles. The SMILES string of the molecule is CCCCCCC(=O)N1CCS[C@H]1c1ccc(C(C)C)cc1. The van der Waals surface area contributed by atoms with Gasteiger partial charge in [0.15, 0.2) is 0 Å². The molecule has 1 fully saturated rings. The maximum atomic E-state index is 12.5. The molecule has 2 rings (SSSR count). The summed E-state index contributed by atoms with van der Waals surface area (Å²) < 4.78 is 0. The minimum absolute atomic E-state index is 0.222. The van der Waals surface area contributed by atoms with E-state index in [0.717, 1.165) is 18.7 Å². The highest BCUT2D eigenvalue weighted by molar-refractivity contribution is 7.99. The average Bonchev–Trinajstić information content (AvgIpc) is 3.01. The summed E-state index contributed by atoms with van der Waals surface area (Å²) in [5.74, 6) is 1.94.